The first-order valence-corrected chi connectivity index (χ1v) is 10.1. The van der Waals surface area contributed by atoms with Gasteiger partial charge in [0.15, 0.2) is 0 Å². The predicted octanol–water partition coefficient (Wildman–Crippen LogP) is 4.12. The van der Waals surface area contributed by atoms with Crippen LogP contribution in [0.3, 0.4) is 0 Å². The van der Waals surface area contributed by atoms with E-state index >= 15 is 0 Å². The number of hydrogen-bond acceptors (Lipinski definition) is 2. The maximum absolute atomic E-state index is 6.44. The maximum Gasteiger partial charge on any atom is 0.134 e. The fourth-order valence-electron chi connectivity index (χ4n) is 3.86. The van der Waals surface area contributed by atoms with Crippen LogP contribution >= 0.6 is 11.8 Å². The van der Waals surface area contributed by atoms with E-state index in [4.69, 9.17) is 4.74 Å². The first-order chi connectivity index (χ1) is 11.9. The SMILES string of the molecule is c1ccc2c(c1)O[C@@H](CCC[NH+]1CCCCC1)c1ccccc1S2. The number of piperidine rings is 1. The van der Waals surface area contributed by atoms with E-state index in [0.717, 1.165) is 12.2 Å². The quantitative estimate of drug-likeness (QED) is 0.900. The van der Waals surface area contributed by atoms with E-state index in [1.54, 1.807) is 4.90 Å². The molecule has 0 bridgehead atoms. The number of nitrogens with one attached hydrogen (secondary N) is 1. The summed E-state index contributed by atoms with van der Waals surface area (Å²) in [6, 6.07) is 17.2. The Morgan fingerprint density at radius 3 is 2.54 bits per heavy atom. The van der Waals surface area contributed by atoms with Crippen LogP contribution in [0.15, 0.2) is 58.3 Å². The van der Waals surface area contributed by atoms with E-state index in [2.05, 4.69) is 48.5 Å². The van der Waals surface area contributed by atoms with Gasteiger partial charge < -0.3 is 9.64 Å². The van der Waals surface area contributed by atoms with Crippen LogP contribution in [0, 0.1) is 0 Å². The van der Waals surface area contributed by atoms with Crippen molar-refractivity contribution in [1.82, 2.24) is 0 Å². The van der Waals surface area contributed by atoms with Crippen LogP contribution in [0.25, 0.3) is 0 Å². The molecule has 2 aliphatic rings. The molecule has 3 heteroatoms. The van der Waals surface area contributed by atoms with Crippen molar-refractivity contribution >= 4 is 11.8 Å². The molecule has 0 aromatic heterocycles. The minimum Gasteiger partial charge on any atom is -0.485 e. The van der Waals surface area contributed by atoms with E-state index in [1.807, 2.05) is 11.8 Å². The normalized spacial score (nSPS) is 20.6. The number of benzene rings is 2. The Morgan fingerprint density at radius 2 is 1.67 bits per heavy atom. The van der Waals surface area contributed by atoms with E-state index in [-0.39, 0.29) is 6.10 Å². The number of rotatable bonds is 4. The highest BCUT2D eigenvalue weighted by Crippen LogP contribution is 2.44. The van der Waals surface area contributed by atoms with Crippen molar-refractivity contribution in [3.8, 4) is 5.75 Å². The van der Waals surface area contributed by atoms with E-state index in [1.165, 1.54) is 60.7 Å². The van der Waals surface area contributed by atoms with Gasteiger partial charge in [0.1, 0.15) is 11.9 Å². The minimum atomic E-state index is 0.182. The van der Waals surface area contributed by atoms with Crippen LogP contribution in [-0.4, -0.2) is 19.6 Å². The van der Waals surface area contributed by atoms with Gasteiger partial charge in [0, 0.05) is 16.9 Å². The maximum atomic E-state index is 6.44. The first-order valence-electron chi connectivity index (χ1n) is 9.26. The van der Waals surface area contributed by atoms with Gasteiger partial charge in [0.25, 0.3) is 0 Å². The molecule has 4 rings (SSSR count). The molecular formula is C21H26NOS+. The second-order valence-corrected chi connectivity index (χ2v) is 7.98. The number of likely N-dealkylation sites (tertiary alicyclic amines) is 1. The van der Waals surface area contributed by atoms with E-state index < -0.39 is 0 Å². The summed E-state index contributed by atoms with van der Waals surface area (Å²) in [5.41, 5.74) is 1.35. The molecular weight excluding hydrogens is 314 g/mol. The molecule has 0 spiro atoms. The average Bonchev–Trinajstić information content (AvgIpc) is 2.79. The number of para-hydroxylation sites is 1. The van der Waals surface area contributed by atoms with Crippen molar-refractivity contribution in [2.24, 2.45) is 0 Å². The molecule has 24 heavy (non-hydrogen) atoms. The smallest absolute Gasteiger partial charge is 0.134 e. The Bertz CT molecular complexity index is 681. The zero-order valence-electron chi connectivity index (χ0n) is 14.2. The summed E-state index contributed by atoms with van der Waals surface area (Å²) < 4.78 is 6.44. The lowest BCUT2D eigenvalue weighted by Crippen LogP contribution is -3.12. The fraction of sp³-hybridized carbons (Fsp3) is 0.429. The molecule has 2 aliphatic heterocycles. The van der Waals surface area contributed by atoms with Gasteiger partial charge in [-0.2, -0.15) is 0 Å². The lowest BCUT2D eigenvalue weighted by molar-refractivity contribution is -0.905. The van der Waals surface area contributed by atoms with Gasteiger partial charge in [-0.15, -0.1) is 0 Å². The molecule has 2 aromatic carbocycles. The summed E-state index contributed by atoms with van der Waals surface area (Å²) in [5, 5.41) is 0. The van der Waals surface area contributed by atoms with Crippen LogP contribution < -0.4 is 9.64 Å². The zero-order valence-corrected chi connectivity index (χ0v) is 15.0. The molecule has 0 unspecified atom stereocenters. The highest BCUT2D eigenvalue weighted by Gasteiger charge is 2.24. The summed E-state index contributed by atoms with van der Waals surface area (Å²) in [7, 11) is 0. The zero-order chi connectivity index (χ0) is 16.2. The summed E-state index contributed by atoms with van der Waals surface area (Å²) in [6.45, 7) is 4.01. The summed E-state index contributed by atoms with van der Waals surface area (Å²) in [4.78, 5) is 4.37. The second kappa shape index (κ2) is 7.62. The molecule has 126 valence electrons. The summed E-state index contributed by atoms with van der Waals surface area (Å²) in [6.07, 6.45) is 6.76. The third-order valence-electron chi connectivity index (χ3n) is 5.16. The Hall–Kier alpha value is -1.45. The molecule has 0 saturated carbocycles. The highest BCUT2D eigenvalue weighted by molar-refractivity contribution is 7.99. The predicted molar refractivity (Wildman–Crippen MR) is 99.0 cm³/mol. The van der Waals surface area contributed by atoms with Crippen LogP contribution in [0.4, 0.5) is 0 Å². The Labute approximate surface area is 149 Å². The number of quaternary nitrogens is 1. The number of fused-ring (bicyclic) bond motifs is 2. The lowest BCUT2D eigenvalue weighted by Gasteiger charge is -2.25. The largest absolute Gasteiger partial charge is 0.485 e. The van der Waals surface area contributed by atoms with Gasteiger partial charge >= 0.3 is 0 Å². The van der Waals surface area contributed by atoms with Gasteiger partial charge in [0.2, 0.25) is 0 Å². The molecule has 2 aromatic rings. The van der Waals surface area contributed by atoms with Gasteiger partial charge in [-0.1, -0.05) is 42.1 Å². The molecule has 1 atom stereocenters. The highest BCUT2D eigenvalue weighted by atomic mass is 32.2. The first kappa shape index (κ1) is 16.0. The van der Waals surface area contributed by atoms with E-state index in [9.17, 15) is 0 Å². The van der Waals surface area contributed by atoms with Crippen molar-refractivity contribution in [3.63, 3.8) is 0 Å². The average molecular weight is 341 g/mol. The Balaban J connectivity index is 1.48. The second-order valence-electron chi connectivity index (χ2n) is 6.90. The Morgan fingerprint density at radius 1 is 0.917 bits per heavy atom. The van der Waals surface area contributed by atoms with Gasteiger partial charge in [-0.05, 0) is 43.9 Å². The number of hydrogen-bond donors (Lipinski definition) is 1. The standard InChI is InChI=1S/C21H25NOS/c1-6-14-22(15-7-1)16-8-11-18-17-9-2-4-12-20(17)24-21-13-5-3-10-19(21)23-18/h2-5,9-10,12-13,18H,1,6-8,11,14-16H2/p+1/t18-/m0/s1. The Kier molecular flexibility index (Phi) is 5.10. The molecule has 0 aliphatic carbocycles. The van der Waals surface area contributed by atoms with Crippen LogP contribution in [0.1, 0.15) is 43.8 Å². The number of ether oxygens (including phenoxy) is 1. The van der Waals surface area contributed by atoms with Gasteiger partial charge in [-0.25, -0.2) is 0 Å². The molecule has 2 nitrogen and oxygen atoms in total. The van der Waals surface area contributed by atoms with Crippen molar-refractivity contribution in [3.05, 3.63) is 54.1 Å². The van der Waals surface area contributed by atoms with Gasteiger partial charge in [0.05, 0.1) is 24.5 Å². The molecule has 1 N–H and O–H groups in total. The lowest BCUT2D eigenvalue weighted by atomic mass is 10.0. The summed E-state index contributed by atoms with van der Waals surface area (Å²) in [5.74, 6) is 1.04. The van der Waals surface area contributed by atoms with Crippen molar-refractivity contribution in [1.29, 1.82) is 0 Å². The monoisotopic (exact) mass is 340 g/mol. The minimum absolute atomic E-state index is 0.182. The molecule has 1 saturated heterocycles. The van der Waals surface area contributed by atoms with Crippen molar-refractivity contribution in [2.45, 2.75) is 48.0 Å². The molecule has 0 amide bonds. The fourth-order valence-corrected chi connectivity index (χ4v) is 4.92. The molecule has 1 fully saturated rings. The van der Waals surface area contributed by atoms with Crippen molar-refractivity contribution < 1.29 is 9.64 Å². The van der Waals surface area contributed by atoms with Crippen LogP contribution in [-0.2, 0) is 0 Å². The van der Waals surface area contributed by atoms with E-state index in [0.29, 0.717) is 0 Å². The van der Waals surface area contributed by atoms with Crippen molar-refractivity contribution in [2.75, 3.05) is 19.6 Å². The molecule has 2 heterocycles. The third kappa shape index (κ3) is 3.62. The molecule has 0 radical (unpaired) electrons. The van der Waals surface area contributed by atoms with Gasteiger partial charge in [-0.3, -0.25) is 0 Å². The topological polar surface area (TPSA) is 13.7 Å². The van der Waals surface area contributed by atoms with Crippen LogP contribution in [0.2, 0.25) is 0 Å². The summed E-state index contributed by atoms with van der Waals surface area (Å²) >= 11 is 1.84. The third-order valence-corrected chi connectivity index (χ3v) is 6.31. The van der Waals surface area contributed by atoms with Crippen LogP contribution in [0.5, 0.6) is 5.75 Å².